The zero-order chi connectivity index (χ0) is 70.6. The molecule has 0 aromatic heterocycles. The van der Waals surface area contributed by atoms with E-state index in [0.717, 1.165) is 36.9 Å². The fraction of sp³-hybridized carbons (Fsp3) is 0.478. The van der Waals surface area contributed by atoms with Gasteiger partial charge in [0.25, 0.3) is 10.0 Å². The molecular weight excluding hydrogens is 1290 g/mol. The number of likely N-dealkylation sites (tertiary alicyclic amines) is 2. The van der Waals surface area contributed by atoms with Crippen LogP contribution in [0.5, 0.6) is 5.75 Å². The summed E-state index contributed by atoms with van der Waals surface area (Å²) in [4.78, 5) is 136. The van der Waals surface area contributed by atoms with E-state index in [1.807, 2.05) is 44.2 Å². The molecule has 4 aliphatic heterocycles. The second kappa shape index (κ2) is 32.5. The minimum atomic E-state index is -4.22. The van der Waals surface area contributed by atoms with E-state index < -0.39 is 119 Å². The number of nitrogens with one attached hydrogen (secondary N) is 10. The lowest BCUT2D eigenvalue weighted by Gasteiger charge is -2.35. The summed E-state index contributed by atoms with van der Waals surface area (Å²) in [6.45, 7) is 13.4. The quantitative estimate of drug-likeness (QED) is 0.0134. The Kier molecular flexibility index (Phi) is 24.8. The number of guanidine groups is 1. The third-order valence-corrected chi connectivity index (χ3v) is 20.1. The number of amides is 8. The standard InChI is InChI=1S/C69H89ClN13O13S/c1-38-39(2)62(40(3)48-28-29-69(7,8)96-61(38)48)97(94,95)81-68(72)74-31-12-18-51(80-55(84)35-71)65(91)79-42(5)63(89)76-36-56(85)75-37-57(86)77-43(6)64(90)78-41(4)59(87)46-24-22-45(23-25-46)58(44-16-10-9-11-17-44)49-27-26-47(34-50(49)70)60(88)53-20-14-32-82(53)67(93)54-21-15-33-83(54)66(92)52-19-13-30-73-52/h9-11,16-17,22-27,34,41-43,51-54,73H,12-15,18-21,28-33,35-37,71H2,1-8H3,(H,75,85)(H,76,89)(H,77,86)(H,78,90)(H,79,91)(H,80,84)(H3,72,74,81)/t41-,42-,43-,51-,52-,53-,54-/m0/s1. The molecule has 4 aliphatic rings. The number of fused-ring (bicyclic) bond motifs is 1. The van der Waals surface area contributed by atoms with Crippen molar-refractivity contribution in [2.24, 2.45) is 5.73 Å². The number of carbonyl (C=O) groups is 10. The molecule has 8 amide bonds. The molecule has 12 N–H and O–H groups in total. The van der Waals surface area contributed by atoms with Crippen LogP contribution in [0.25, 0.3) is 0 Å². The highest BCUT2D eigenvalue weighted by atomic mass is 35.5. The Morgan fingerprint density at radius 3 is 1.96 bits per heavy atom. The maximum Gasteiger partial charge on any atom is 0.264 e. The van der Waals surface area contributed by atoms with Gasteiger partial charge in [-0.2, -0.15) is 0 Å². The number of ketones is 2. The number of nitrogens with two attached hydrogens (primary N) is 1. The molecule has 26 nitrogen and oxygen atoms in total. The highest BCUT2D eigenvalue weighted by molar-refractivity contribution is 7.90. The molecule has 0 aliphatic carbocycles. The Hall–Kier alpha value is -8.79. The monoisotopic (exact) mass is 1370 g/mol. The summed E-state index contributed by atoms with van der Waals surface area (Å²) in [5.41, 5.74) is 10.3. The molecule has 8 rings (SSSR count). The lowest BCUT2D eigenvalue weighted by atomic mass is 9.84. The van der Waals surface area contributed by atoms with Crippen LogP contribution in [-0.2, 0) is 54.8 Å². The molecule has 28 heteroatoms. The molecule has 0 bridgehead atoms. The summed E-state index contributed by atoms with van der Waals surface area (Å²) in [6, 6.07) is 15.0. The van der Waals surface area contributed by atoms with Gasteiger partial charge in [-0.15, -0.1) is 0 Å². The van der Waals surface area contributed by atoms with Gasteiger partial charge >= 0.3 is 0 Å². The number of carbonyl (C=O) groups excluding carboxylic acids is 10. The van der Waals surface area contributed by atoms with Gasteiger partial charge in [-0.3, -0.25) is 53.4 Å². The first kappa shape index (κ1) is 74.0. The van der Waals surface area contributed by atoms with Crippen molar-refractivity contribution in [3.63, 3.8) is 0 Å². The van der Waals surface area contributed by atoms with Crippen LogP contribution in [-0.4, -0.2) is 177 Å². The number of hydrogen-bond acceptors (Lipinski definition) is 16. The number of benzene rings is 4. The van der Waals surface area contributed by atoms with Gasteiger partial charge in [0.15, 0.2) is 11.6 Å². The topological polar surface area (TPSA) is 379 Å². The molecule has 1 radical (unpaired) electrons. The minimum absolute atomic E-state index is 0.000521. The molecule has 4 aromatic carbocycles. The predicted octanol–water partition coefficient (Wildman–Crippen LogP) is 2.96. The second-order valence-corrected chi connectivity index (χ2v) is 27.8. The summed E-state index contributed by atoms with van der Waals surface area (Å²) in [6.07, 6.45) is 5.47. The number of sulfonamides is 1. The van der Waals surface area contributed by atoms with Gasteiger partial charge in [0, 0.05) is 35.8 Å². The van der Waals surface area contributed by atoms with Crippen LogP contribution in [0.3, 0.4) is 0 Å². The molecule has 3 saturated heterocycles. The van der Waals surface area contributed by atoms with E-state index in [-0.39, 0.29) is 58.5 Å². The first-order valence-electron chi connectivity index (χ1n) is 32.9. The average molecular weight is 1380 g/mol. The summed E-state index contributed by atoms with van der Waals surface area (Å²) in [5.74, 6) is -4.55. The van der Waals surface area contributed by atoms with Crippen molar-refractivity contribution in [3.8, 4) is 5.75 Å². The van der Waals surface area contributed by atoms with Crippen molar-refractivity contribution >= 4 is 86.4 Å². The van der Waals surface area contributed by atoms with Crippen LogP contribution in [0.4, 0.5) is 0 Å². The summed E-state index contributed by atoms with van der Waals surface area (Å²) in [7, 11) is -4.22. The van der Waals surface area contributed by atoms with Crippen LogP contribution >= 0.6 is 11.6 Å². The van der Waals surface area contributed by atoms with Crippen LogP contribution in [0.2, 0.25) is 5.02 Å². The van der Waals surface area contributed by atoms with Gasteiger partial charge < -0.3 is 62.8 Å². The SMILES string of the molecule is Cc1c(C)c(S(=O)(=O)NC(=N)NCCC[C@H](NC(=O)CN)C(=O)N[C@@H](C)C(=O)NCC(=O)NCC(=O)N[C@@H](C)C(=O)N[C@@H](C)C(=O)c2ccc([C](c3ccccc3)c3ccc(C(=O)[C@@H]4CCCN4C(=O)[C@@H]4CCCN4C(=O)[C@@H]4CCCN4)cc3Cl)cc2)c(C)c2c1OC(C)(C)CC2. The molecule has 4 aromatic rings. The first-order chi connectivity index (χ1) is 46.0. The largest absolute Gasteiger partial charge is 0.487 e. The first-order valence-corrected chi connectivity index (χ1v) is 34.7. The molecule has 3 fully saturated rings. The van der Waals surface area contributed by atoms with Gasteiger partial charge in [-0.1, -0.05) is 78.3 Å². The van der Waals surface area contributed by atoms with Crippen LogP contribution in [0.15, 0.2) is 77.7 Å². The average Bonchev–Trinajstić information content (AvgIpc) is 1.48. The molecule has 97 heavy (non-hydrogen) atoms. The van der Waals surface area contributed by atoms with Crippen molar-refractivity contribution in [2.45, 2.75) is 172 Å². The zero-order valence-corrected chi connectivity index (χ0v) is 57.6. The third kappa shape index (κ3) is 18.3. The van der Waals surface area contributed by atoms with E-state index >= 15 is 0 Å². The minimum Gasteiger partial charge on any atom is -0.487 e. The van der Waals surface area contributed by atoms with E-state index in [2.05, 4.69) is 47.3 Å². The number of hydrogen-bond donors (Lipinski definition) is 11. The third-order valence-electron chi connectivity index (χ3n) is 18.2. The number of nitrogens with zero attached hydrogens (tertiary/aromatic N) is 2. The molecule has 521 valence electrons. The van der Waals surface area contributed by atoms with Crippen LogP contribution < -0.4 is 57.7 Å². The maximum absolute atomic E-state index is 14.3. The Balaban J connectivity index is 0.763. The van der Waals surface area contributed by atoms with Crippen molar-refractivity contribution in [1.29, 1.82) is 5.41 Å². The van der Waals surface area contributed by atoms with Crippen molar-refractivity contribution < 1.29 is 61.1 Å². The highest BCUT2D eigenvalue weighted by Crippen LogP contribution is 2.43. The van der Waals surface area contributed by atoms with Gasteiger partial charge in [0.1, 0.15) is 35.5 Å². The summed E-state index contributed by atoms with van der Waals surface area (Å²) < 4.78 is 35.8. The lowest BCUT2D eigenvalue weighted by Crippen LogP contribution is -2.54. The molecule has 0 saturated carbocycles. The van der Waals surface area contributed by atoms with E-state index in [9.17, 15) is 56.4 Å². The predicted molar refractivity (Wildman–Crippen MR) is 363 cm³/mol. The summed E-state index contributed by atoms with van der Waals surface area (Å²) in [5, 5.41) is 29.3. The van der Waals surface area contributed by atoms with Crippen molar-refractivity contribution in [3.05, 3.63) is 134 Å². The van der Waals surface area contributed by atoms with Gasteiger partial charge in [0.05, 0.1) is 48.6 Å². The van der Waals surface area contributed by atoms with E-state index in [1.54, 1.807) is 73.0 Å². The Labute approximate surface area is 570 Å². The van der Waals surface area contributed by atoms with Crippen LogP contribution in [0, 0.1) is 32.1 Å². The summed E-state index contributed by atoms with van der Waals surface area (Å²) >= 11 is 7.08. The molecule has 0 unspecified atom stereocenters. The number of Topliss-reactive ketones (excluding diaryl/α,β-unsaturated/α-hetero) is 2. The second-order valence-electron chi connectivity index (χ2n) is 25.8. The Morgan fingerprint density at radius 1 is 0.680 bits per heavy atom. The number of rotatable bonds is 27. The molecular formula is C69H89ClN13O13S. The Bertz CT molecular complexity index is 3790. The fourth-order valence-corrected chi connectivity index (χ4v) is 14.6. The van der Waals surface area contributed by atoms with E-state index in [0.29, 0.717) is 90.2 Å². The molecule has 0 spiro atoms. The fourth-order valence-electron chi connectivity index (χ4n) is 12.8. The van der Waals surface area contributed by atoms with E-state index in [1.165, 1.54) is 20.8 Å². The van der Waals surface area contributed by atoms with Gasteiger partial charge in [-0.25, -0.2) is 13.1 Å². The number of ether oxygens (including phenoxy) is 1. The van der Waals surface area contributed by atoms with E-state index in [4.69, 9.17) is 27.5 Å². The lowest BCUT2D eigenvalue weighted by molar-refractivity contribution is -0.144. The molecule has 4 heterocycles. The van der Waals surface area contributed by atoms with Crippen molar-refractivity contribution in [2.75, 3.05) is 45.8 Å². The Morgan fingerprint density at radius 2 is 1.30 bits per heavy atom. The smallest absolute Gasteiger partial charge is 0.264 e. The van der Waals surface area contributed by atoms with Crippen molar-refractivity contribution in [1.82, 2.24) is 57.1 Å². The normalized spacial score (nSPS) is 18.4. The van der Waals surface area contributed by atoms with Gasteiger partial charge in [-0.05, 0) is 171 Å². The maximum atomic E-state index is 14.3. The molecule has 7 atom stereocenters. The van der Waals surface area contributed by atoms with Gasteiger partial charge in [0.2, 0.25) is 53.2 Å². The highest BCUT2D eigenvalue weighted by Gasteiger charge is 2.44. The van der Waals surface area contributed by atoms with Crippen LogP contribution in [0.1, 0.15) is 152 Å². The number of halogens is 1. The zero-order valence-electron chi connectivity index (χ0n) is 56.1.